The summed E-state index contributed by atoms with van der Waals surface area (Å²) in [5.74, 6) is 0. The molecule has 2 heterocycles. The van der Waals surface area contributed by atoms with Crippen LogP contribution in [-0.2, 0) is 10.8 Å². The first-order valence-corrected chi connectivity index (χ1v) is 48.2. The van der Waals surface area contributed by atoms with Gasteiger partial charge in [-0.3, -0.25) is 0 Å². The largest absolute Gasteiger partial charge is 0.456 e. The number of hydrogen-bond acceptors (Lipinski definition) is 6. The molecule has 0 bridgehead atoms. The van der Waals surface area contributed by atoms with Crippen molar-refractivity contribution < 1.29 is 8.83 Å². The lowest BCUT2D eigenvalue weighted by Gasteiger charge is -2.33. The molecular weight excluding hydrogens is 1700 g/mol. The Balaban J connectivity index is 0.611. The molecule has 0 radical (unpaired) electrons. The van der Waals surface area contributed by atoms with Crippen LogP contribution >= 0.6 is 0 Å². The molecule has 0 fully saturated rings. The van der Waals surface area contributed by atoms with Crippen LogP contribution in [0.15, 0.2) is 531 Å². The maximum atomic E-state index is 7.22. The van der Waals surface area contributed by atoms with Gasteiger partial charge in [0, 0.05) is 89.7 Å². The first-order valence-electron chi connectivity index (χ1n) is 48.2. The highest BCUT2D eigenvalue weighted by Crippen LogP contribution is 2.68. The summed E-state index contributed by atoms with van der Waals surface area (Å²) in [6, 6.07) is 193. The summed E-state index contributed by atoms with van der Waals surface area (Å²) >= 11 is 0. The lowest BCUT2D eigenvalue weighted by Crippen LogP contribution is -2.26. The Bertz CT molecular complexity index is 9070. The van der Waals surface area contributed by atoms with Gasteiger partial charge in [0.1, 0.15) is 22.3 Å². The van der Waals surface area contributed by atoms with E-state index in [2.05, 4.69) is 541 Å². The third kappa shape index (κ3) is 12.4. The summed E-state index contributed by atoms with van der Waals surface area (Å²) in [4.78, 5) is 9.81. The van der Waals surface area contributed by atoms with Crippen molar-refractivity contribution in [2.75, 3.05) is 19.6 Å². The van der Waals surface area contributed by atoms with E-state index in [1.807, 2.05) is 0 Å². The van der Waals surface area contributed by atoms with Crippen molar-refractivity contribution in [3.63, 3.8) is 0 Å². The number of fused-ring (bicyclic) bond motifs is 28. The molecule has 654 valence electrons. The molecule has 0 saturated carbocycles. The second-order valence-corrected chi connectivity index (χ2v) is 37.2. The van der Waals surface area contributed by atoms with E-state index in [0.29, 0.717) is 0 Å². The topological polar surface area (TPSA) is 39.2 Å². The van der Waals surface area contributed by atoms with Gasteiger partial charge in [0.25, 0.3) is 0 Å². The van der Waals surface area contributed by atoms with Crippen LogP contribution in [0.25, 0.3) is 144 Å². The van der Waals surface area contributed by atoms with Gasteiger partial charge in [0.15, 0.2) is 0 Å². The van der Waals surface area contributed by atoms with Crippen molar-refractivity contribution in [1.29, 1.82) is 0 Å². The Labute approximate surface area is 812 Å². The molecule has 28 rings (SSSR count). The van der Waals surface area contributed by atoms with Gasteiger partial charge in [-0.05, 0) is 303 Å². The van der Waals surface area contributed by atoms with E-state index in [1.165, 1.54) is 94.6 Å². The third-order valence-electron chi connectivity index (χ3n) is 29.8. The molecule has 0 saturated heterocycles. The molecule has 2 aromatic heterocycles. The molecule has 2 unspecified atom stereocenters. The quantitative estimate of drug-likeness (QED) is 0.0905. The molecule has 6 nitrogen and oxygen atoms in total. The predicted octanol–water partition coefficient (Wildman–Crippen LogP) is 36.4. The zero-order valence-electron chi connectivity index (χ0n) is 76.3. The Morgan fingerprint density at radius 1 is 0.143 bits per heavy atom. The standard InChI is InChI=1S/C134H86N4O2/c1-8-35-87(36-9-1)89-63-66-100(67-64-89)135(96-43-14-4-15-44-96)103-78-94(88-37-10-2-11-38-88)79-104(83-103)136(97-45-16-5-17-46-97)101-68-70-111-109-53-23-29-58-117(109)134(123(111)85-101)119-60-31-25-55-113(119)130-121(134)73-76-128-132(130)115-82-93(65-74-126(115)140-128)91-41-34-42-92(77-91)95-80-105(84-106(81-95)138(99-49-20-7-21-50-99)124-61-32-26-51-107(124)90-39-12-3-13-40-90)137(98-47-18-6-19-48-98)102-69-71-110-108-52-22-28-57-116(108)133(122(110)86-102)118-59-30-24-54-112(118)129-120(133)72-75-127-131(129)114-56-27-33-62-125(114)139-127/h1-86H. The molecule has 22 aromatic carbocycles. The molecular formula is C134H86N4O2. The summed E-state index contributed by atoms with van der Waals surface area (Å²) in [5.41, 5.74) is 45.0. The highest BCUT2D eigenvalue weighted by atomic mass is 16.3. The lowest BCUT2D eigenvalue weighted by molar-refractivity contribution is 0.668. The number of anilines is 12. The van der Waals surface area contributed by atoms with E-state index < -0.39 is 10.8 Å². The van der Waals surface area contributed by atoms with Gasteiger partial charge in [0.05, 0.1) is 16.5 Å². The molecule has 2 atom stereocenters. The summed E-state index contributed by atoms with van der Waals surface area (Å²) in [6.07, 6.45) is 0. The highest BCUT2D eigenvalue weighted by Gasteiger charge is 2.55. The molecule has 140 heavy (non-hydrogen) atoms. The van der Waals surface area contributed by atoms with E-state index >= 15 is 0 Å². The van der Waals surface area contributed by atoms with Gasteiger partial charge >= 0.3 is 0 Å². The fourth-order valence-corrected chi connectivity index (χ4v) is 24.0. The zero-order valence-corrected chi connectivity index (χ0v) is 76.3. The Morgan fingerprint density at radius 3 is 0.957 bits per heavy atom. The minimum atomic E-state index is -0.747. The van der Waals surface area contributed by atoms with E-state index in [1.54, 1.807) is 0 Å². The average Bonchev–Trinajstić information content (AvgIpc) is 1.50. The van der Waals surface area contributed by atoms with Crippen LogP contribution < -0.4 is 19.6 Å². The van der Waals surface area contributed by atoms with Gasteiger partial charge in [0.2, 0.25) is 0 Å². The minimum absolute atomic E-state index is 0.678. The van der Waals surface area contributed by atoms with Gasteiger partial charge in [-0.2, -0.15) is 0 Å². The minimum Gasteiger partial charge on any atom is -0.456 e. The molecule has 4 aliphatic carbocycles. The average molecular weight is 1780 g/mol. The van der Waals surface area contributed by atoms with Crippen molar-refractivity contribution in [2.24, 2.45) is 0 Å². The number of nitrogens with zero attached hydrogens (tertiary/aromatic N) is 4. The summed E-state index contributed by atoms with van der Waals surface area (Å²) in [7, 11) is 0. The number of rotatable bonds is 17. The van der Waals surface area contributed by atoms with Crippen LogP contribution in [0.5, 0.6) is 0 Å². The molecule has 0 amide bonds. The first-order chi connectivity index (χ1) is 69.4. The van der Waals surface area contributed by atoms with Crippen molar-refractivity contribution >= 4 is 112 Å². The maximum Gasteiger partial charge on any atom is 0.136 e. The second-order valence-electron chi connectivity index (χ2n) is 37.2. The Kier molecular flexibility index (Phi) is 18.4. The summed E-state index contributed by atoms with van der Waals surface area (Å²) in [5, 5.41) is 4.41. The van der Waals surface area contributed by atoms with Crippen LogP contribution in [0.2, 0.25) is 0 Å². The lowest BCUT2D eigenvalue weighted by atomic mass is 9.70. The zero-order chi connectivity index (χ0) is 92.1. The molecule has 6 heteroatoms. The number of furan rings is 2. The molecule has 4 aliphatic rings. The molecule has 0 N–H and O–H groups in total. The molecule has 0 aliphatic heterocycles. The fraction of sp³-hybridized carbons (Fsp3) is 0.0149. The summed E-state index contributed by atoms with van der Waals surface area (Å²) < 4.78 is 14.0. The van der Waals surface area contributed by atoms with Crippen molar-refractivity contribution in [1.82, 2.24) is 0 Å². The summed E-state index contributed by atoms with van der Waals surface area (Å²) in [6.45, 7) is 0. The first kappa shape index (κ1) is 80.1. The van der Waals surface area contributed by atoms with Gasteiger partial charge in [-0.25, -0.2) is 0 Å². The van der Waals surface area contributed by atoms with Crippen molar-refractivity contribution in [3.05, 3.63) is 566 Å². The Morgan fingerprint density at radius 2 is 0.457 bits per heavy atom. The normalized spacial score (nSPS) is 14.2. The third-order valence-corrected chi connectivity index (χ3v) is 29.8. The van der Waals surface area contributed by atoms with Gasteiger partial charge < -0.3 is 28.4 Å². The SMILES string of the molecule is c1ccc(-c2ccc(N(c3ccccc3)c3cc(-c4ccccc4)cc(N(c4ccccc4)c4ccc5c(c4)C4(c6ccccc6-5)c5ccccc5-c5c4ccc4oc6ccc(-c7cccc(-c8cc(N(c9ccccc9)c9ccc%10c(c9)C9(c%11ccccc%11-%10)c%10ccccc%10-c%10c9ccc9oc%11ccccc%11c%109)cc(N(c9ccccc9)c9ccccc9-c9ccccc9)c8)c7)cc6c54)c3)cc2)cc1. The van der Waals surface area contributed by atoms with E-state index in [0.717, 1.165) is 162 Å². The molecule has 24 aromatic rings. The van der Waals surface area contributed by atoms with Crippen molar-refractivity contribution in [2.45, 2.75) is 10.8 Å². The second kappa shape index (κ2) is 32.2. The molecule has 2 spiro atoms. The van der Waals surface area contributed by atoms with Gasteiger partial charge in [-0.15, -0.1) is 0 Å². The number of benzene rings is 22. The van der Waals surface area contributed by atoms with Crippen molar-refractivity contribution in [3.8, 4) is 100 Å². The van der Waals surface area contributed by atoms with E-state index in [4.69, 9.17) is 8.83 Å². The highest BCUT2D eigenvalue weighted by molar-refractivity contribution is 6.19. The number of para-hydroxylation sites is 6. The Hall–Kier alpha value is -18.4. The van der Waals surface area contributed by atoms with Crippen LogP contribution in [0, 0.1) is 0 Å². The van der Waals surface area contributed by atoms with Crippen LogP contribution in [-0.4, -0.2) is 0 Å². The van der Waals surface area contributed by atoms with Crippen LogP contribution in [0.3, 0.4) is 0 Å². The maximum absolute atomic E-state index is 7.22. The van der Waals surface area contributed by atoms with Gasteiger partial charge in [-0.1, -0.05) is 358 Å². The number of hydrogen-bond donors (Lipinski definition) is 0. The monoisotopic (exact) mass is 1780 g/mol. The van der Waals surface area contributed by atoms with E-state index in [-0.39, 0.29) is 0 Å². The van der Waals surface area contributed by atoms with Crippen LogP contribution in [0.1, 0.15) is 44.5 Å². The van der Waals surface area contributed by atoms with Crippen LogP contribution in [0.4, 0.5) is 68.2 Å². The fourth-order valence-electron chi connectivity index (χ4n) is 24.0. The smallest absolute Gasteiger partial charge is 0.136 e. The predicted molar refractivity (Wildman–Crippen MR) is 580 cm³/mol. The van der Waals surface area contributed by atoms with E-state index in [9.17, 15) is 0 Å².